The molecule has 162 valence electrons. The zero-order valence-electron chi connectivity index (χ0n) is 18.2. The second-order valence-corrected chi connectivity index (χ2v) is 8.67. The van der Waals surface area contributed by atoms with Crippen LogP contribution in [0.4, 0.5) is 4.39 Å². The van der Waals surface area contributed by atoms with Crippen LogP contribution >= 0.6 is 0 Å². The number of hydrogen-bond acceptors (Lipinski definition) is 2. The quantitative estimate of drug-likeness (QED) is 0.733. The third-order valence-electron chi connectivity index (χ3n) is 6.09. The molecule has 0 saturated heterocycles. The highest BCUT2D eigenvalue weighted by Crippen LogP contribution is 2.43. The lowest BCUT2D eigenvalue weighted by Gasteiger charge is -2.38. The van der Waals surface area contributed by atoms with Crippen molar-refractivity contribution in [1.82, 2.24) is 4.90 Å². The summed E-state index contributed by atoms with van der Waals surface area (Å²) in [4.78, 5) is 26.3. The van der Waals surface area contributed by atoms with Crippen molar-refractivity contribution in [2.24, 2.45) is 11.1 Å². The van der Waals surface area contributed by atoms with Gasteiger partial charge in [0.25, 0.3) is 0 Å². The van der Waals surface area contributed by atoms with Gasteiger partial charge in [-0.1, -0.05) is 43.2 Å². The van der Waals surface area contributed by atoms with Crippen LogP contribution in [0.3, 0.4) is 0 Å². The van der Waals surface area contributed by atoms with Crippen LogP contribution in [0.25, 0.3) is 0 Å². The van der Waals surface area contributed by atoms with Crippen molar-refractivity contribution in [2.45, 2.75) is 44.9 Å². The van der Waals surface area contributed by atoms with Crippen LogP contribution in [0.5, 0.6) is 0 Å². The zero-order valence-corrected chi connectivity index (χ0v) is 18.2. The number of carbonyl (C=O) groups excluding carboxylic acids is 2. The molecule has 0 aromatic heterocycles. The van der Waals surface area contributed by atoms with Crippen molar-refractivity contribution in [1.29, 1.82) is 0 Å². The summed E-state index contributed by atoms with van der Waals surface area (Å²) in [5, 5.41) is 0. The van der Waals surface area contributed by atoms with Crippen molar-refractivity contribution in [3.8, 4) is 11.8 Å². The van der Waals surface area contributed by atoms with Crippen LogP contribution in [0.2, 0.25) is 0 Å². The molecule has 0 spiro atoms. The summed E-state index contributed by atoms with van der Waals surface area (Å²) in [7, 11) is 3.54. The molecule has 1 saturated carbocycles. The van der Waals surface area contributed by atoms with Gasteiger partial charge in [-0.2, -0.15) is 0 Å². The van der Waals surface area contributed by atoms with Gasteiger partial charge in [0.2, 0.25) is 11.8 Å². The largest absolute Gasteiger partial charge is 0.366 e. The molecule has 2 amide bonds. The van der Waals surface area contributed by atoms with E-state index in [1.165, 1.54) is 6.07 Å². The predicted octanol–water partition coefficient (Wildman–Crippen LogP) is 4.30. The van der Waals surface area contributed by atoms with E-state index >= 15 is 0 Å². The van der Waals surface area contributed by atoms with E-state index in [2.05, 4.69) is 11.8 Å². The molecule has 1 aliphatic rings. The van der Waals surface area contributed by atoms with E-state index in [4.69, 9.17) is 5.73 Å². The third-order valence-corrected chi connectivity index (χ3v) is 6.09. The van der Waals surface area contributed by atoms with Gasteiger partial charge >= 0.3 is 0 Å². The van der Waals surface area contributed by atoms with Crippen LogP contribution in [0.15, 0.2) is 42.5 Å². The molecule has 0 bridgehead atoms. The van der Waals surface area contributed by atoms with E-state index in [-0.39, 0.29) is 17.1 Å². The molecule has 31 heavy (non-hydrogen) atoms. The molecule has 1 fully saturated rings. The number of nitrogens with two attached hydrogens (primary N) is 1. The summed E-state index contributed by atoms with van der Waals surface area (Å²) in [6.45, 7) is 0. The Hall–Kier alpha value is -3.13. The van der Waals surface area contributed by atoms with Crippen molar-refractivity contribution < 1.29 is 14.0 Å². The van der Waals surface area contributed by atoms with E-state index in [1.54, 1.807) is 49.3 Å². The molecule has 2 aromatic rings. The summed E-state index contributed by atoms with van der Waals surface area (Å²) in [5.41, 5.74) is 7.73. The molecule has 2 aromatic carbocycles. The number of nitrogens with zero attached hydrogens (tertiary/aromatic N) is 1. The van der Waals surface area contributed by atoms with Gasteiger partial charge in [0, 0.05) is 31.6 Å². The minimum atomic E-state index is -0.492. The monoisotopic (exact) mass is 420 g/mol. The first-order chi connectivity index (χ1) is 14.8. The Balaban J connectivity index is 1.96. The zero-order chi connectivity index (χ0) is 22.4. The molecule has 2 N–H and O–H groups in total. The summed E-state index contributed by atoms with van der Waals surface area (Å²) in [6.07, 6.45) is 6.22. The molecule has 0 heterocycles. The Bertz CT molecular complexity index is 1030. The molecule has 0 radical (unpaired) electrons. The first kappa shape index (κ1) is 22.6. The number of amides is 2. The third kappa shape index (κ3) is 5.73. The maximum atomic E-state index is 13.9. The van der Waals surface area contributed by atoms with Crippen LogP contribution in [-0.4, -0.2) is 30.8 Å². The van der Waals surface area contributed by atoms with Gasteiger partial charge in [-0.05, 0) is 60.6 Å². The fraction of sp³-hybridized carbons (Fsp3) is 0.385. The van der Waals surface area contributed by atoms with Gasteiger partial charge in [-0.3, -0.25) is 9.59 Å². The summed E-state index contributed by atoms with van der Waals surface area (Å²) < 4.78 is 13.9. The number of carbonyl (C=O) groups is 2. The lowest BCUT2D eigenvalue weighted by molar-refractivity contribution is -0.131. The molecule has 0 aliphatic heterocycles. The highest BCUT2D eigenvalue weighted by Gasteiger charge is 2.35. The molecular weight excluding hydrogens is 391 g/mol. The smallest absolute Gasteiger partial charge is 0.248 e. The van der Waals surface area contributed by atoms with Gasteiger partial charge in [0.15, 0.2) is 0 Å². The Kier molecular flexibility index (Phi) is 7.12. The van der Waals surface area contributed by atoms with Gasteiger partial charge < -0.3 is 10.6 Å². The standard InChI is InChI=1S/C26H29FN2O2/c1-29(2)24(30)18-26(14-6-3-7-15-26)17-21-16-19(11-13-22(21)25(28)31)10-12-20-8-4-5-9-23(20)27/h4-5,8-9,11,13,16H,3,6-7,14-15,17-18H2,1-2H3,(H2,28,31). The predicted molar refractivity (Wildman–Crippen MR) is 120 cm³/mol. The number of halogens is 1. The second kappa shape index (κ2) is 9.78. The first-order valence-corrected chi connectivity index (χ1v) is 10.7. The maximum absolute atomic E-state index is 13.9. The second-order valence-electron chi connectivity index (χ2n) is 8.67. The highest BCUT2D eigenvalue weighted by molar-refractivity contribution is 5.94. The molecule has 3 rings (SSSR count). The maximum Gasteiger partial charge on any atom is 0.248 e. The van der Waals surface area contributed by atoms with Gasteiger partial charge in [-0.15, -0.1) is 0 Å². The Morgan fingerprint density at radius 1 is 1.06 bits per heavy atom. The normalized spacial score (nSPS) is 14.9. The highest BCUT2D eigenvalue weighted by atomic mass is 19.1. The van der Waals surface area contributed by atoms with Crippen LogP contribution in [0, 0.1) is 23.1 Å². The number of hydrogen-bond donors (Lipinski definition) is 1. The van der Waals surface area contributed by atoms with E-state index in [0.29, 0.717) is 29.5 Å². The minimum Gasteiger partial charge on any atom is -0.366 e. The van der Waals surface area contributed by atoms with Crippen LogP contribution < -0.4 is 5.73 Å². The molecule has 5 heteroatoms. The fourth-order valence-corrected chi connectivity index (χ4v) is 4.36. The van der Waals surface area contributed by atoms with E-state index in [9.17, 15) is 14.0 Å². The summed E-state index contributed by atoms with van der Waals surface area (Å²) in [6, 6.07) is 11.7. The van der Waals surface area contributed by atoms with Crippen molar-refractivity contribution >= 4 is 11.8 Å². The SMILES string of the molecule is CN(C)C(=O)CC1(Cc2cc(C#Cc3ccccc3F)ccc2C(N)=O)CCCCC1. The molecular formula is C26H29FN2O2. The lowest BCUT2D eigenvalue weighted by Crippen LogP contribution is -2.35. The van der Waals surface area contributed by atoms with Crippen molar-refractivity contribution in [3.05, 3.63) is 70.5 Å². The van der Waals surface area contributed by atoms with E-state index in [0.717, 1.165) is 37.7 Å². The molecule has 4 nitrogen and oxygen atoms in total. The first-order valence-electron chi connectivity index (χ1n) is 10.7. The van der Waals surface area contributed by atoms with Gasteiger partial charge in [0.05, 0.1) is 5.56 Å². The Morgan fingerprint density at radius 3 is 2.42 bits per heavy atom. The number of rotatable bonds is 5. The molecule has 0 atom stereocenters. The topological polar surface area (TPSA) is 63.4 Å². The Morgan fingerprint density at radius 2 is 1.77 bits per heavy atom. The fourth-order valence-electron chi connectivity index (χ4n) is 4.36. The number of benzene rings is 2. The van der Waals surface area contributed by atoms with E-state index in [1.807, 2.05) is 6.07 Å². The molecule has 1 aliphatic carbocycles. The van der Waals surface area contributed by atoms with Crippen LogP contribution in [-0.2, 0) is 11.2 Å². The van der Waals surface area contributed by atoms with Crippen LogP contribution in [0.1, 0.15) is 65.6 Å². The Labute approximate surface area is 183 Å². The van der Waals surface area contributed by atoms with Crippen molar-refractivity contribution in [3.63, 3.8) is 0 Å². The summed E-state index contributed by atoms with van der Waals surface area (Å²) in [5.74, 6) is 5.10. The minimum absolute atomic E-state index is 0.0954. The average molecular weight is 421 g/mol. The van der Waals surface area contributed by atoms with Gasteiger partial charge in [0.1, 0.15) is 5.82 Å². The lowest BCUT2D eigenvalue weighted by atomic mass is 9.67. The average Bonchev–Trinajstić information content (AvgIpc) is 2.73. The molecule has 0 unspecified atom stereocenters. The van der Waals surface area contributed by atoms with Gasteiger partial charge in [-0.25, -0.2) is 4.39 Å². The number of primary amides is 1. The van der Waals surface area contributed by atoms with E-state index < -0.39 is 5.91 Å². The summed E-state index contributed by atoms with van der Waals surface area (Å²) >= 11 is 0. The van der Waals surface area contributed by atoms with Crippen molar-refractivity contribution in [2.75, 3.05) is 14.1 Å².